The number of hydrogen-bond donors (Lipinski definition) is 0. The van der Waals surface area contributed by atoms with Crippen molar-refractivity contribution in [3.63, 3.8) is 0 Å². The third-order valence-corrected chi connectivity index (χ3v) is 4.25. The summed E-state index contributed by atoms with van der Waals surface area (Å²) >= 11 is 0. The third kappa shape index (κ3) is 2.03. The Kier molecular flexibility index (Phi) is 3.20. The van der Waals surface area contributed by atoms with Crippen LogP contribution < -0.4 is 0 Å². The van der Waals surface area contributed by atoms with Crippen molar-refractivity contribution in [2.24, 2.45) is 0 Å². The van der Waals surface area contributed by atoms with E-state index in [0.717, 1.165) is 5.69 Å². The molecular formula is C16H20N2. The normalized spacial score (nSPS) is 12.4. The van der Waals surface area contributed by atoms with E-state index in [4.69, 9.17) is 0 Å². The van der Waals surface area contributed by atoms with E-state index >= 15 is 0 Å². The van der Waals surface area contributed by atoms with Crippen LogP contribution in [0.4, 0.5) is 0 Å². The van der Waals surface area contributed by atoms with Crippen molar-refractivity contribution in [1.82, 2.24) is 9.97 Å². The van der Waals surface area contributed by atoms with Gasteiger partial charge in [-0.2, -0.15) is 0 Å². The Morgan fingerprint density at radius 1 is 0.833 bits per heavy atom. The molecule has 0 bridgehead atoms. The SMILES string of the molecule is CC(C)(c1cccnc1)C(C)(C)c1ccccn1. The smallest absolute Gasteiger partial charge is 0.0468 e. The van der Waals surface area contributed by atoms with Crippen LogP contribution in [0, 0.1) is 0 Å². The fourth-order valence-corrected chi connectivity index (χ4v) is 2.15. The third-order valence-electron chi connectivity index (χ3n) is 4.25. The quantitative estimate of drug-likeness (QED) is 0.817. The molecule has 94 valence electrons. The van der Waals surface area contributed by atoms with Gasteiger partial charge >= 0.3 is 0 Å². The highest BCUT2D eigenvalue weighted by molar-refractivity contribution is 5.31. The minimum absolute atomic E-state index is 0.0321. The molecule has 2 heteroatoms. The van der Waals surface area contributed by atoms with Crippen LogP contribution in [0.1, 0.15) is 39.0 Å². The van der Waals surface area contributed by atoms with Gasteiger partial charge in [0.25, 0.3) is 0 Å². The Bertz CT molecular complexity index is 452. The molecule has 0 aliphatic carbocycles. The van der Waals surface area contributed by atoms with Crippen LogP contribution in [0.5, 0.6) is 0 Å². The van der Waals surface area contributed by atoms with Gasteiger partial charge in [-0.1, -0.05) is 39.8 Å². The minimum atomic E-state index is -0.0582. The first-order valence-corrected chi connectivity index (χ1v) is 6.28. The van der Waals surface area contributed by atoms with Crippen molar-refractivity contribution in [3.8, 4) is 0 Å². The highest BCUT2D eigenvalue weighted by Crippen LogP contribution is 2.42. The second-order valence-corrected chi connectivity index (χ2v) is 5.71. The second-order valence-electron chi connectivity index (χ2n) is 5.71. The van der Waals surface area contributed by atoms with E-state index in [9.17, 15) is 0 Å². The Labute approximate surface area is 109 Å². The van der Waals surface area contributed by atoms with Gasteiger partial charge in [-0.3, -0.25) is 9.97 Å². The molecule has 18 heavy (non-hydrogen) atoms. The van der Waals surface area contributed by atoms with Crippen molar-refractivity contribution in [2.75, 3.05) is 0 Å². The summed E-state index contributed by atoms with van der Waals surface area (Å²) in [6.07, 6.45) is 5.62. The van der Waals surface area contributed by atoms with Crippen LogP contribution in [0.25, 0.3) is 0 Å². The van der Waals surface area contributed by atoms with E-state index < -0.39 is 0 Å². The molecule has 2 rings (SSSR count). The summed E-state index contributed by atoms with van der Waals surface area (Å²) in [7, 11) is 0. The number of rotatable bonds is 3. The molecule has 2 aromatic rings. The maximum absolute atomic E-state index is 4.52. The molecular weight excluding hydrogens is 220 g/mol. The largest absolute Gasteiger partial charge is 0.264 e. The highest BCUT2D eigenvalue weighted by Gasteiger charge is 2.40. The molecule has 0 aliphatic heterocycles. The predicted octanol–water partition coefficient (Wildman–Crippen LogP) is 3.73. The first-order chi connectivity index (χ1) is 8.46. The summed E-state index contributed by atoms with van der Waals surface area (Å²) < 4.78 is 0. The molecule has 0 N–H and O–H groups in total. The number of hydrogen-bond acceptors (Lipinski definition) is 2. The first kappa shape index (κ1) is 12.7. The van der Waals surface area contributed by atoms with E-state index in [0.29, 0.717) is 0 Å². The molecule has 2 aromatic heterocycles. The Morgan fingerprint density at radius 2 is 1.61 bits per heavy atom. The van der Waals surface area contributed by atoms with Crippen molar-refractivity contribution >= 4 is 0 Å². The lowest BCUT2D eigenvalue weighted by Gasteiger charge is -2.41. The molecule has 0 radical (unpaired) electrons. The molecule has 2 nitrogen and oxygen atoms in total. The summed E-state index contributed by atoms with van der Waals surface area (Å²) in [4.78, 5) is 8.76. The molecule has 0 aromatic carbocycles. The van der Waals surface area contributed by atoms with Gasteiger partial charge < -0.3 is 0 Å². The van der Waals surface area contributed by atoms with E-state index in [1.54, 1.807) is 0 Å². The molecule has 0 aliphatic rings. The summed E-state index contributed by atoms with van der Waals surface area (Å²) in [5.41, 5.74) is 2.26. The van der Waals surface area contributed by atoms with Gasteiger partial charge in [0.05, 0.1) is 0 Å². The Morgan fingerprint density at radius 3 is 2.17 bits per heavy atom. The molecule has 0 spiro atoms. The fourth-order valence-electron chi connectivity index (χ4n) is 2.15. The van der Waals surface area contributed by atoms with Gasteiger partial charge in [-0.05, 0) is 23.8 Å². The summed E-state index contributed by atoms with van der Waals surface area (Å²) in [6, 6.07) is 10.2. The lowest BCUT2D eigenvalue weighted by Crippen LogP contribution is -2.41. The first-order valence-electron chi connectivity index (χ1n) is 6.28. The lowest BCUT2D eigenvalue weighted by molar-refractivity contribution is 0.295. The Balaban J connectivity index is 2.47. The summed E-state index contributed by atoms with van der Waals surface area (Å²) in [5.74, 6) is 0. The molecule has 0 fully saturated rings. The highest BCUT2D eigenvalue weighted by atomic mass is 14.7. The molecule has 0 saturated heterocycles. The number of pyridine rings is 2. The van der Waals surface area contributed by atoms with Crippen molar-refractivity contribution in [2.45, 2.75) is 38.5 Å². The molecule has 0 amide bonds. The van der Waals surface area contributed by atoms with Gasteiger partial charge in [0, 0.05) is 35.1 Å². The van der Waals surface area contributed by atoms with Crippen molar-refractivity contribution in [1.29, 1.82) is 0 Å². The zero-order valence-electron chi connectivity index (χ0n) is 11.5. The van der Waals surface area contributed by atoms with Crippen molar-refractivity contribution in [3.05, 3.63) is 60.2 Å². The van der Waals surface area contributed by atoms with E-state index in [2.05, 4.69) is 49.8 Å². The average molecular weight is 240 g/mol. The van der Waals surface area contributed by atoms with Gasteiger partial charge in [-0.15, -0.1) is 0 Å². The lowest BCUT2D eigenvalue weighted by atomic mass is 9.63. The van der Waals surface area contributed by atoms with Gasteiger partial charge in [-0.25, -0.2) is 0 Å². The topological polar surface area (TPSA) is 25.8 Å². The standard InChI is InChI=1S/C16H20N2/c1-15(2,13-8-7-10-17-12-13)16(3,4)14-9-5-6-11-18-14/h5-12H,1-4H3. The molecule has 0 atom stereocenters. The summed E-state index contributed by atoms with van der Waals surface area (Å²) in [5, 5.41) is 0. The Hall–Kier alpha value is -1.70. The summed E-state index contributed by atoms with van der Waals surface area (Å²) in [6.45, 7) is 8.97. The van der Waals surface area contributed by atoms with E-state index in [1.165, 1.54) is 5.56 Å². The van der Waals surface area contributed by atoms with Gasteiger partial charge in [0.2, 0.25) is 0 Å². The minimum Gasteiger partial charge on any atom is -0.264 e. The zero-order chi connectivity index (χ0) is 13.2. The average Bonchev–Trinajstić information content (AvgIpc) is 2.40. The van der Waals surface area contributed by atoms with Gasteiger partial charge in [0.1, 0.15) is 0 Å². The maximum Gasteiger partial charge on any atom is 0.0468 e. The van der Waals surface area contributed by atoms with Crippen LogP contribution in [0.15, 0.2) is 48.9 Å². The monoisotopic (exact) mass is 240 g/mol. The van der Waals surface area contributed by atoms with Crippen LogP contribution in [0.2, 0.25) is 0 Å². The zero-order valence-corrected chi connectivity index (χ0v) is 11.5. The fraction of sp³-hybridized carbons (Fsp3) is 0.375. The number of nitrogens with zero attached hydrogens (tertiary/aromatic N) is 2. The van der Waals surface area contributed by atoms with Crippen LogP contribution in [0.3, 0.4) is 0 Å². The second kappa shape index (κ2) is 4.52. The van der Waals surface area contributed by atoms with E-state index in [-0.39, 0.29) is 10.8 Å². The molecule has 0 saturated carbocycles. The number of aromatic nitrogens is 2. The maximum atomic E-state index is 4.52. The van der Waals surface area contributed by atoms with Crippen molar-refractivity contribution < 1.29 is 0 Å². The molecule has 0 unspecified atom stereocenters. The van der Waals surface area contributed by atoms with Crippen LogP contribution in [-0.2, 0) is 10.8 Å². The molecule has 2 heterocycles. The van der Waals surface area contributed by atoms with Crippen LogP contribution in [-0.4, -0.2) is 9.97 Å². The van der Waals surface area contributed by atoms with Gasteiger partial charge in [0.15, 0.2) is 0 Å². The van der Waals surface area contributed by atoms with Crippen LogP contribution >= 0.6 is 0 Å². The van der Waals surface area contributed by atoms with E-state index in [1.807, 2.05) is 36.8 Å². The predicted molar refractivity (Wildman–Crippen MR) is 74.5 cm³/mol.